The third-order valence-corrected chi connectivity index (χ3v) is 3.50. The van der Waals surface area contributed by atoms with Gasteiger partial charge in [0, 0.05) is 6.07 Å². The van der Waals surface area contributed by atoms with Gasteiger partial charge in [-0.3, -0.25) is 14.9 Å². The third kappa shape index (κ3) is 3.44. The zero-order valence-electron chi connectivity index (χ0n) is 9.93. The zero-order valence-corrected chi connectivity index (χ0v) is 11.5. The minimum absolute atomic E-state index is 0.0257. The molecule has 0 aliphatic carbocycles. The van der Waals surface area contributed by atoms with Crippen molar-refractivity contribution in [1.82, 2.24) is 20.2 Å². The number of carboxylic acid groups (broad SMARTS) is 1. The average Bonchev–Trinajstić information content (AvgIpc) is 2.79. The van der Waals surface area contributed by atoms with Crippen LogP contribution in [0.25, 0.3) is 0 Å². The topological polar surface area (TPSA) is 124 Å². The molecular weight excluding hydrogens is 329 g/mol. The second kappa shape index (κ2) is 6.01. The number of carboxylic acids is 1. The van der Waals surface area contributed by atoms with E-state index in [1.54, 1.807) is 0 Å². The lowest BCUT2D eigenvalue weighted by molar-refractivity contribution is -0.387. The number of aliphatic carboxylic acids is 1. The number of nitro groups is 1. The molecule has 0 radical (unpaired) electrons. The zero-order chi connectivity index (χ0) is 15.6. The Labute approximate surface area is 124 Å². The van der Waals surface area contributed by atoms with Crippen LogP contribution in [-0.2, 0) is 11.3 Å². The van der Waals surface area contributed by atoms with Crippen molar-refractivity contribution in [3.05, 3.63) is 33.1 Å². The first kappa shape index (κ1) is 15.1. The van der Waals surface area contributed by atoms with E-state index in [0.717, 1.165) is 16.8 Å². The monoisotopic (exact) mass is 333 g/mol. The molecule has 12 heteroatoms. The van der Waals surface area contributed by atoms with E-state index in [2.05, 4.69) is 15.5 Å². The number of aromatic nitrogens is 4. The molecule has 0 saturated heterocycles. The van der Waals surface area contributed by atoms with E-state index in [1.165, 1.54) is 0 Å². The van der Waals surface area contributed by atoms with Crippen molar-refractivity contribution < 1.29 is 19.2 Å². The van der Waals surface area contributed by atoms with Crippen LogP contribution < -0.4 is 0 Å². The molecule has 110 valence electrons. The maximum atomic E-state index is 13.4. The lowest BCUT2D eigenvalue weighted by Gasteiger charge is -2.04. The summed E-state index contributed by atoms with van der Waals surface area (Å²) in [5, 5.41) is 29.5. The van der Waals surface area contributed by atoms with Crippen LogP contribution in [0, 0.1) is 15.9 Å². The highest BCUT2D eigenvalue weighted by Crippen LogP contribution is 2.36. The highest BCUT2D eigenvalue weighted by atomic mass is 35.5. The van der Waals surface area contributed by atoms with E-state index in [-0.39, 0.29) is 10.1 Å². The van der Waals surface area contributed by atoms with Gasteiger partial charge in [-0.2, -0.15) is 0 Å². The van der Waals surface area contributed by atoms with Crippen LogP contribution in [0.2, 0.25) is 5.02 Å². The first-order valence-electron chi connectivity index (χ1n) is 5.17. The highest BCUT2D eigenvalue weighted by molar-refractivity contribution is 7.99. The largest absolute Gasteiger partial charge is 0.480 e. The summed E-state index contributed by atoms with van der Waals surface area (Å²) >= 11 is 6.16. The van der Waals surface area contributed by atoms with E-state index in [9.17, 15) is 19.3 Å². The first-order valence-corrected chi connectivity index (χ1v) is 6.37. The Balaban J connectivity index is 2.40. The van der Waals surface area contributed by atoms with Gasteiger partial charge in [-0.25, -0.2) is 9.07 Å². The Bertz CT molecular complexity index is 724. The average molecular weight is 334 g/mol. The molecule has 21 heavy (non-hydrogen) atoms. The van der Waals surface area contributed by atoms with Crippen LogP contribution in [0.15, 0.2) is 22.2 Å². The van der Waals surface area contributed by atoms with Crippen LogP contribution in [0.5, 0.6) is 0 Å². The number of nitrogens with zero attached hydrogens (tertiary/aromatic N) is 5. The highest BCUT2D eigenvalue weighted by Gasteiger charge is 2.21. The predicted molar refractivity (Wildman–Crippen MR) is 67.6 cm³/mol. The Morgan fingerprint density at radius 3 is 2.90 bits per heavy atom. The van der Waals surface area contributed by atoms with Crippen molar-refractivity contribution in [1.29, 1.82) is 0 Å². The maximum Gasteiger partial charge on any atom is 0.325 e. The summed E-state index contributed by atoms with van der Waals surface area (Å²) in [4.78, 5) is 20.7. The molecule has 0 spiro atoms. The number of nitro benzene ring substituents is 1. The van der Waals surface area contributed by atoms with Crippen LogP contribution in [0.1, 0.15) is 0 Å². The van der Waals surface area contributed by atoms with Gasteiger partial charge in [-0.15, -0.1) is 5.10 Å². The standard InChI is InChI=1S/C9H5ClFN5O4S/c10-4-1-6(16(19)20)7(2-5(4)11)21-9-12-13-14-15(9)3-8(17)18/h1-2H,3H2,(H,17,18). The van der Waals surface area contributed by atoms with Gasteiger partial charge < -0.3 is 5.11 Å². The molecule has 0 atom stereocenters. The van der Waals surface area contributed by atoms with Crippen molar-refractivity contribution in [3.8, 4) is 0 Å². The van der Waals surface area contributed by atoms with Crippen LogP contribution in [0.3, 0.4) is 0 Å². The first-order chi connectivity index (χ1) is 9.88. The van der Waals surface area contributed by atoms with E-state index < -0.39 is 34.0 Å². The molecule has 0 aliphatic heterocycles. The summed E-state index contributed by atoms with van der Waals surface area (Å²) in [5.41, 5.74) is -0.434. The fourth-order valence-corrected chi connectivity index (χ4v) is 2.38. The van der Waals surface area contributed by atoms with Gasteiger partial charge in [-0.1, -0.05) is 11.6 Å². The van der Waals surface area contributed by atoms with Gasteiger partial charge in [-0.05, 0) is 28.3 Å². The molecular formula is C9H5ClFN5O4S. The van der Waals surface area contributed by atoms with E-state index in [1.807, 2.05) is 0 Å². The summed E-state index contributed by atoms with van der Waals surface area (Å²) in [6.45, 7) is -0.529. The number of hydrogen-bond donors (Lipinski definition) is 1. The second-order valence-corrected chi connectivity index (χ2v) is 5.02. The van der Waals surface area contributed by atoms with Crippen molar-refractivity contribution >= 4 is 35.0 Å². The molecule has 0 aliphatic rings. The third-order valence-electron chi connectivity index (χ3n) is 2.18. The van der Waals surface area contributed by atoms with Gasteiger partial charge in [0.05, 0.1) is 14.8 Å². The molecule has 0 fully saturated rings. The Hall–Kier alpha value is -2.27. The maximum absolute atomic E-state index is 13.4. The Morgan fingerprint density at radius 2 is 2.29 bits per heavy atom. The molecule has 9 nitrogen and oxygen atoms in total. The Kier molecular flexibility index (Phi) is 4.33. The molecule has 0 unspecified atom stereocenters. The molecule has 2 aromatic rings. The smallest absolute Gasteiger partial charge is 0.325 e. The number of tetrazole rings is 1. The fourth-order valence-electron chi connectivity index (χ4n) is 1.34. The molecule has 1 heterocycles. The summed E-state index contributed by atoms with van der Waals surface area (Å²) in [6, 6.07) is 1.73. The summed E-state index contributed by atoms with van der Waals surface area (Å²) in [6.07, 6.45) is 0. The minimum atomic E-state index is -1.19. The van der Waals surface area contributed by atoms with Crippen LogP contribution in [-0.4, -0.2) is 36.2 Å². The number of rotatable bonds is 5. The van der Waals surface area contributed by atoms with E-state index in [0.29, 0.717) is 11.8 Å². The molecule has 1 N–H and O–H groups in total. The summed E-state index contributed by atoms with van der Waals surface area (Å²) < 4.78 is 14.4. The van der Waals surface area contributed by atoms with Crippen LogP contribution in [0.4, 0.5) is 10.1 Å². The summed E-state index contributed by atoms with van der Waals surface area (Å²) in [5.74, 6) is -2.04. The molecule has 1 aromatic heterocycles. The van der Waals surface area contributed by atoms with Crippen molar-refractivity contribution in [2.24, 2.45) is 0 Å². The second-order valence-electron chi connectivity index (χ2n) is 3.61. The van der Waals surface area contributed by atoms with Crippen molar-refractivity contribution in [2.75, 3.05) is 0 Å². The lowest BCUT2D eigenvalue weighted by Crippen LogP contribution is -2.11. The molecule has 0 saturated carbocycles. The van der Waals surface area contributed by atoms with E-state index in [4.69, 9.17) is 16.7 Å². The molecule has 0 bridgehead atoms. The van der Waals surface area contributed by atoms with E-state index >= 15 is 0 Å². The van der Waals surface area contributed by atoms with Gasteiger partial charge in [0.25, 0.3) is 5.69 Å². The van der Waals surface area contributed by atoms with Crippen molar-refractivity contribution in [2.45, 2.75) is 16.6 Å². The predicted octanol–water partition coefficient (Wildman–Crippen LogP) is 1.61. The van der Waals surface area contributed by atoms with Gasteiger partial charge >= 0.3 is 5.97 Å². The number of benzene rings is 1. The van der Waals surface area contributed by atoms with Gasteiger partial charge in [0.2, 0.25) is 5.16 Å². The van der Waals surface area contributed by atoms with Gasteiger partial charge in [0.1, 0.15) is 12.4 Å². The normalized spacial score (nSPS) is 10.6. The SMILES string of the molecule is O=C(O)Cn1nnnc1Sc1cc(F)c(Cl)cc1[N+](=O)[O-]. The quantitative estimate of drug-likeness (QED) is 0.646. The number of hydrogen-bond acceptors (Lipinski definition) is 7. The molecule has 0 amide bonds. The molecule has 1 aromatic carbocycles. The van der Waals surface area contributed by atoms with Gasteiger partial charge in [0.15, 0.2) is 0 Å². The Morgan fingerprint density at radius 1 is 1.57 bits per heavy atom. The fraction of sp³-hybridized carbons (Fsp3) is 0.111. The molecule has 2 rings (SSSR count). The minimum Gasteiger partial charge on any atom is -0.480 e. The van der Waals surface area contributed by atoms with Crippen LogP contribution >= 0.6 is 23.4 Å². The number of halogens is 2. The summed E-state index contributed by atoms with van der Waals surface area (Å²) in [7, 11) is 0. The van der Waals surface area contributed by atoms with Crippen molar-refractivity contribution in [3.63, 3.8) is 0 Å². The number of carbonyl (C=O) groups is 1. The lowest BCUT2D eigenvalue weighted by atomic mass is 10.3.